The van der Waals surface area contributed by atoms with Crippen LogP contribution in [0, 0.1) is 20.8 Å². The molecule has 2 aromatic heterocycles. The number of hydrogen-bond acceptors (Lipinski definition) is 7. The van der Waals surface area contributed by atoms with Crippen LogP contribution in [-0.2, 0) is 16.1 Å². The number of carbonyl (C=O) groups excluding carboxylic acids is 2. The van der Waals surface area contributed by atoms with Crippen molar-refractivity contribution in [3.05, 3.63) is 65.5 Å². The highest BCUT2D eigenvalue weighted by molar-refractivity contribution is 5.82. The summed E-state index contributed by atoms with van der Waals surface area (Å²) in [4.78, 5) is 41.9. The summed E-state index contributed by atoms with van der Waals surface area (Å²) in [6.45, 7) is 8.28. The summed E-state index contributed by atoms with van der Waals surface area (Å²) in [5.41, 5.74) is 2.89. The minimum atomic E-state index is -0.607. The molecule has 178 valence electrons. The number of benzene rings is 1. The molecule has 0 bridgehead atoms. The number of rotatable bonds is 6. The van der Waals surface area contributed by atoms with E-state index in [-0.39, 0.29) is 19.1 Å². The molecule has 1 N–H and O–H groups in total. The molecule has 4 rings (SSSR count). The first-order chi connectivity index (χ1) is 16.4. The van der Waals surface area contributed by atoms with Crippen LogP contribution < -0.4 is 10.2 Å². The van der Waals surface area contributed by atoms with E-state index in [1.807, 2.05) is 61.7 Å². The quantitative estimate of drug-likeness (QED) is 0.597. The Hall–Kier alpha value is -3.95. The summed E-state index contributed by atoms with van der Waals surface area (Å²) in [7, 11) is 0. The molecule has 1 aliphatic heterocycles. The van der Waals surface area contributed by atoms with E-state index in [1.165, 1.54) is 0 Å². The average Bonchev–Trinajstić information content (AvgIpc) is 3.19. The number of ether oxygens (including phenoxy) is 1. The molecule has 3 heterocycles. The Labute approximate surface area is 198 Å². The Kier molecular flexibility index (Phi) is 7.05. The zero-order chi connectivity index (χ0) is 24.1. The number of nitrogens with one attached hydrogen (secondary N) is 1. The zero-order valence-corrected chi connectivity index (χ0v) is 19.7. The first-order valence-electron chi connectivity index (χ1n) is 11.2. The van der Waals surface area contributed by atoms with Crippen LogP contribution in [0.25, 0.3) is 5.82 Å². The molecule has 0 saturated carbocycles. The normalized spacial score (nSPS) is 13.6. The van der Waals surface area contributed by atoms with Crippen molar-refractivity contribution in [2.45, 2.75) is 27.4 Å². The van der Waals surface area contributed by atoms with Crippen LogP contribution in [0.2, 0.25) is 0 Å². The van der Waals surface area contributed by atoms with Crippen molar-refractivity contribution in [2.24, 2.45) is 0 Å². The maximum Gasteiger partial charge on any atom is 0.407 e. The van der Waals surface area contributed by atoms with Gasteiger partial charge < -0.3 is 19.9 Å². The maximum atomic E-state index is 12.6. The van der Waals surface area contributed by atoms with Crippen LogP contribution in [0.4, 0.5) is 10.6 Å². The first kappa shape index (κ1) is 23.2. The smallest absolute Gasteiger partial charge is 0.407 e. The van der Waals surface area contributed by atoms with E-state index < -0.39 is 6.09 Å². The molecule has 10 nitrogen and oxygen atoms in total. The lowest BCUT2D eigenvalue weighted by Gasteiger charge is -2.35. The van der Waals surface area contributed by atoms with Crippen LogP contribution in [0.15, 0.2) is 42.7 Å². The van der Waals surface area contributed by atoms with Gasteiger partial charge in [0.1, 0.15) is 36.9 Å². The van der Waals surface area contributed by atoms with Gasteiger partial charge in [0, 0.05) is 37.9 Å². The van der Waals surface area contributed by atoms with Crippen LogP contribution in [0.5, 0.6) is 0 Å². The second-order valence-electron chi connectivity index (χ2n) is 8.20. The second kappa shape index (κ2) is 10.3. The second-order valence-corrected chi connectivity index (χ2v) is 8.20. The van der Waals surface area contributed by atoms with Gasteiger partial charge in [-0.25, -0.2) is 19.7 Å². The fourth-order valence-electron chi connectivity index (χ4n) is 3.77. The maximum absolute atomic E-state index is 12.6. The van der Waals surface area contributed by atoms with Gasteiger partial charge in [-0.1, -0.05) is 30.3 Å². The number of aryl methyl sites for hydroxylation is 2. The monoisotopic (exact) mass is 463 g/mol. The van der Waals surface area contributed by atoms with Gasteiger partial charge in [-0.05, 0) is 26.3 Å². The van der Waals surface area contributed by atoms with Crippen molar-refractivity contribution in [3.8, 4) is 5.82 Å². The topological polar surface area (TPSA) is 105 Å². The largest absolute Gasteiger partial charge is 0.445 e. The van der Waals surface area contributed by atoms with Crippen molar-refractivity contribution in [1.29, 1.82) is 0 Å². The van der Waals surface area contributed by atoms with Crippen molar-refractivity contribution in [2.75, 3.05) is 37.6 Å². The highest BCUT2D eigenvalue weighted by Crippen LogP contribution is 2.19. The highest BCUT2D eigenvalue weighted by Gasteiger charge is 2.23. The lowest BCUT2D eigenvalue weighted by molar-refractivity contribution is -0.130. The summed E-state index contributed by atoms with van der Waals surface area (Å²) in [5.74, 6) is 2.13. The fraction of sp³-hybridized carbons (Fsp3) is 0.375. The first-order valence-corrected chi connectivity index (χ1v) is 11.2. The van der Waals surface area contributed by atoms with Gasteiger partial charge in [-0.2, -0.15) is 0 Å². The van der Waals surface area contributed by atoms with Gasteiger partial charge in [-0.3, -0.25) is 9.36 Å². The molecule has 0 atom stereocenters. The molecular weight excluding hydrogens is 434 g/mol. The van der Waals surface area contributed by atoms with E-state index in [0.29, 0.717) is 32.0 Å². The van der Waals surface area contributed by atoms with Crippen molar-refractivity contribution < 1.29 is 14.3 Å². The van der Waals surface area contributed by atoms with E-state index in [4.69, 9.17) is 4.74 Å². The Morgan fingerprint density at radius 3 is 2.38 bits per heavy atom. The Bertz CT molecular complexity index is 1150. The van der Waals surface area contributed by atoms with Crippen molar-refractivity contribution >= 4 is 17.8 Å². The van der Waals surface area contributed by atoms with E-state index in [2.05, 4.69) is 25.2 Å². The molecule has 34 heavy (non-hydrogen) atoms. The van der Waals surface area contributed by atoms with Gasteiger partial charge in [0.25, 0.3) is 0 Å². The van der Waals surface area contributed by atoms with Gasteiger partial charge in [0.15, 0.2) is 0 Å². The number of anilines is 1. The summed E-state index contributed by atoms with van der Waals surface area (Å²) in [6, 6.07) is 11.3. The molecule has 0 radical (unpaired) electrons. The molecule has 1 saturated heterocycles. The number of carbonyl (C=O) groups is 2. The van der Waals surface area contributed by atoms with Crippen LogP contribution >= 0.6 is 0 Å². The Morgan fingerprint density at radius 2 is 1.71 bits per heavy atom. The molecule has 0 unspecified atom stereocenters. The van der Waals surface area contributed by atoms with E-state index in [9.17, 15) is 9.59 Å². The Balaban J connectivity index is 1.28. The number of imidazole rings is 1. The van der Waals surface area contributed by atoms with Gasteiger partial charge in [0.2, 0.25) is 5.91 Å². The van der Waals surface area contributed by atoms with E-state index >= 15 is 0 Å². The number of nitrogens with zero attached hydrogens (tertiary/aromatic N) is 6. The number of alkyl carbamates (subject to hydrolysis) is 1. The molecule has 2 amide bonds. The minimum absolute atomic E-state index is 0.0936. The Morgan fingerprint density at radius 1 is 1.00 bits per heavy atom. The molecule has 0 aliphatic carbocycles. The summed E-state index contributed by atoms with van der Waals surface area (Å²) >= 11 is 0. The molecular formula is C24H29N7O3. The van der Waals surface area contributed by atoms with Crippen molar-refractivity contribution in [1.82, 2.24) is 29.7 Å². The third-order valence-corrected chi connectivity index (χ3v) is 5.86. The lowest BCUT2D eigenvalue weighted by Crippen LogP contribution is -2.51. The van der Waals surface area contributed by atoms with Crippen LogP contribution in [-0.4, -0.2) is 69.1 Å². The molecule has 0 spiro atoms. The minimum Gasteiger partial charge on any atom is -0.445 e. The molecule has 1 fully saturated rings. The predicted molar refractivity (Wildman–Crippen MR) is 127 cm³/mol. The third kappa shape index (κ3) is 5.51. The van der Waals surface area contributed by atoms with E-state index in [0.717, 1.165) is 28.6 Å². The third-order valence-electron chi connectivity index (χ3n) is 5.86. The van der Waals surface area contributed by atoms with E-state index in [1.54, 1.807) is 11.2 Å². The molecule has 1 aliphatic rings. The number of hydrogen-bond donors (Lipinski definition) is 1. The highest BCUT2D eigenvalue weighted by atomic mass is 16.5. The molecule has 1 aromatic carbocycles. The van der Waals surface area contributed by atoms with Gasteiger partial charge in [-0.15, -0.1) is 0 Å². The molecule has 3 aromatic rings. The summed E-state index contributed by atoms with van der Waals surface area (Å²) < 4.78 is 7.11. The van der Waals surface area contributed by atoms with Gasteiger partial charge >= 0.3 is 6.09 Å². The number of amides is 2. The van der Waals surface area contributed by atoms with Crippen LogP contribution in [0.1, 0.15) is 22.8 Å². The lowest BCUT2D eigenvalue weighted by atomic mass is 10.2. The summed E-state index contributed by atoms with van der Waals surface area (Å²) in [6.07, 6.45) is 1.16. The SMILES string of the molecule is Cc1nc(N2CCN(C(=O)CNC(=O)OCc3ccccc3)CC2)cc(-n2cnc(C)c2C)n1. The number of piperazine rings is 1. The number of aromatic nitrogens is 4. The van der Waals surface area contributed by atoms with Crippen LogP contribution in [0.3, 0.4) is 0 Å². The molecule has 10 heteroatoms. The fourth-order valence-corrected chi connectivity index (χ4v) is 3.77. The predicted octanol–water partition coefficient (Wildman–Crippen LogP) is 2.16. The average molecular weight is 464 g/mol. The van der Waals surface area contributed by atoms with Crippen molar-refractivity contribution in [3.63, 3.8) is 0 Å². The zero-order valence-electron chi connectivity index (χ0n) is 19.7. The van der Waals surface area contributed by atoms with Gasteiger partial charge in [0.05, 0.1) is 5.69 Å². The standard InChI is InChI=1S/C24H29N7O3/c1-17-18(2)31(16-26-17)22-13-21(27-19(3)28-22)29-9-11-30(12-10-29)23(32)14-25-24(33)34-15-20-7-5-4-6-8-20/h4-8,13,16H,9-12,14-15H2,1-3H3,(H,25,33). The summed E-state index contributed by atoms with van der Waals surface area (Å²) in [5, 5.41) is 2.54.